The monoisotopic (exact) mass is 367 g/mol. The highest BCUT2D eigenvalue weighted by atomic mass is 35.5. The van der Waals surface area contributed by atoms with Crippen LogP contribution < -0.4 is 5.43 Å². The third-order valence-electron chi connectivity index (χ3n) is 4.35. The Morgan fingerprint density at radius 3 is 2.68 bits per heavy atom. The summed E-state index contributed by atoms with van der Waals surface area (Å²) in [7, 11) is 0. The number of carbonyl (C=O) groups excluding carboxylic acids is 1. The summed E-state index contributed by atoms with van der Waals surface area (Å²) in [6.07, 6.45) is 0. The molecule has 1 fully saturated rings. The zero-order chi connectivity index (χ0) is 17.1. The van der Waals surface area contributed by atoms with Gasteiger partial charge in [0, 0.05) is 25.2 Å². The Kier molecular flexibility index (Phi) is 6.58. The molecule has 1 aromatic heterocycles. The average molecular weight is 368 g/mol. The van der Waals surface area contributed by atoms with Crippen LogP contribution in [0.25, 0.3) is 11.0 Å². The molecule has 0 spiro atoms. The number of morpholine rings is 1. The molecule has 0 amide bonds. The Morgan fingerprint density at radius 1 is 1.24 bits per heavy atom. The molecule has 0 unspecified atom stereocenters. The van der Waals surface area contributed by atoms with E-state index >= 15 is 0 Å². The van der Waals surface area contributed by atoms with Crippen molar-refractivity contribution in [2.45, 2.75) is 13.8 Å². The minimum absolute atomic E-state index is 0. The molecule has 0 aliphatic carbocycles. The molecule has 136 valence electrons. The lowest BCUT2D eigenvalue weighted by Crippen LogP contribution is -2.38. The molecule has 0 bridgehead atoms. The van der Waals surface area contributed by atoms with Gasteiger partial charge in [0.05, 0.1) is 18.6 Å². The zero-order valence-electron chi connectivity index (χ0n) is 14.4. The van der Waals surface area contributed by atoms with Crippen LogP contribution in [0, 0.1) is 13.8 Å². The number of hydrogen-bond donors (Lipinski definition) is 0. The lowest BCUT2D eigenvalue weighted by molar-refractivity contribution is 0.0196. The van der Waals surface area contributed by atoms with Gasteiger partial charge in [-0.25, -0.2) is 4.79 Å². The van der Waals surface area contributed by atoms with Gasteiger partial charge in [0.1, 0.15) is 17.9 Å². The highest BCUT2D eigenvalue weighted by molar-refractivity contribution is 6.01. The molecule has 2 heterocycles. The van der Waals surface area contributed by atoms with E-state index in [-0.39, 0.29) is 23.4 Å². The second-order valence-corrected chi connectivity index (χ2v) is 5.88. The summed E-state index contributed by atoms with van der Waals surface area (Å²) >= 11 is 0. The Bertz CT molecular complexity index is 811. The van der Waals surface area contributed by atoms with Gasteiger partial charge in [-0.15, -0.1) is 12.4 Å². The summed E-state index contributed by atoms with van der Waals surface area (Å²) in [4.78, 5) is 26.9. The van der Waals surface area contributed by atoms with Crippen molar-refractivity contribution in [1.29, 1.82) is 0 Å². The number of halogens is 1. The third kappa shape index (κ3) is 4.21. The van der Waals surface area contributed by atoms with E-state index in [9.17, 15) is 9.59 Å². The van der Waals surface area contributed by atoms with Gasteiger partial charge in [-0.3, -0.25) is 9.69 Å². The minimum atomic E-state index is -0.472. The number of benzene rings is 1. The van der Waals surface area contributed by atoms with Crippen molar-refractivity contribution in [2.75, 3.05) is 39.5 Å². The number of fused-ring (bicyclic) bond motifs is 1. The highest BCUT2D eigenvalue weighted by Gasteiger charge is 2.18. The Labute approximate surface area is 152 Å². The average Bonchev–Trinajstić information content (AvgIpc) is 2.60. The predicted molar refractivity (Wildman–Crippen MR) is 96.7 cm³/mol. The van der Waals surface area contributed by atoms with Crippen molar-refractivity contribution in [3.8, 4) is 0 Å². The summed E-state index contributed by atoms with van der Waals surface area (Å²) in [6.45, 7) is 7.51. The van der Waals surface area contributed by atoms with Crippen molar-refractivity contribution in [3.63, 3.8) is 0 Å². The van der Waals surface area contributed by atoms with E-state index in [1.807, 2.05) is 0 Å². The van der Waals surface area contributed by atoms with E-state index in [4.69, 9.17) is 13.9 Å². The molecule has 3 rings (SSSR count). The molecule has 6 nitrogen and oxygen atoms in total. The number of carbonyl (C=O) groups is 1. The van der Waals surface area contributed by atoms with E-state index in [0.717, 1.165) is 13.1 Å². The summed E-state index contributed by atoms with van der Waals surface area (Å²) in [6, 6.07) is 4.96. The van der Waals surface area contributed by atoms with E-state index in [2.05, 4.69) is 4.90 Å². The van der Waals surface area contributed by atoms with Crippen molar-refractivity contribution in [2.24, 2.45) is 0 Å². The molecule has 1 saturated heterocycles. The maximum atomic E-state index is 12.4. The number of hydrogen-bond acceptors (Lipinski definition) is 6. The van der Waals surface area contributed by atoms with Crippen LogP contribution in [0.1, 0.15) is 21.7 Å². The van der Waals surface area contributed by atoms with E-state index in [1.54, 1.807) is 32.0 Å². The maximum absolute atomic E-state index is 12.4. The maximum Gasteiger partial charge on any atom is 0.342 e. The number of para-hydroxylation sites is 1. The van der Waals surface area contributed by atoms with E-state index in [0.29, 0.717) is 48.7 Å². The summed E-state index contributed by atoms with van der Waals surface area (Å²) < 4.78 is 16.3. The van der Waals surface area contributed by atoms with Gasteiger partial charge < -0.3 is 13.9 Å². The van der Waals surface area contributed by atoms with Crippen molar-refractivity contribution in [3.05, 3.63) is 45.3 Å². The highest BCUT2D eigenvalue weighted by Crippen LogP contribution is 2.20. The molecule has 0 N–H and O–H groups in total. The van der Waals surface area contributed by atoms with Crippen LogP contribution in [0.15, 0.2) is 27.4 Å². The fourth-order valence-corrected chi connectivity index (χ4v) is 2.75. The Balaban J connectivity index is 0.00000225. The van der Waals surface area contributed by atoms with Gasteiger partial charge in [-0.2, -0.15) is 0 Å². The molecule has 0 radical (unpaired) electrons. The lowest BCUT2D eigenvalue weighted by atomic mass is 10.1. The van der Waals surface area contributed by atoms with Crippen LogP contribution in [0.2, 0.25) is 0 Å². The fraction of sp³-hybridized carbons (Fsp3) is 0.444. The van der Waals surface area contributed by atoms with Crippen molar-refractivity contribution >= 4 is 29.3 Å². The van der Waals surface area contributed by atoms with Crippen molar-refractivity contribution < 1.29 is 18.7 Å². The number of esters is 1. The molecule has 25 heavy (non-hydrogen) atoms. The fourth-order valence-electron chi connectivity index (χ4n) is 2.75. The van der Waals surface area contributed by atoms with E-state index < -0.39 is 5.97 Å². The van der Waals surface area contributed by atoms with Gasteiger partial charge in [-0.05, 0) is 26.0 Å². The number of rotatable bonds is 4. The van der Waals surface area contributed by atoms with Crippen LogP contribution in [-0.4, -0.2) is 50.3 Å². The first kappa shape index (κ1) is 19.4. The molecule has 2 aromatic rings. The summed E-state index contributed by atoms with van der Waals surface area (Å²) in [5.74, 6) is 0.0429. The second-order valence-electron chi connectivity index (χ2n) is 5.88. The normalized spacial score (nSPS) is 15.0. The van der Waals surface area contributed by atoms with Crippen LogP contribution in [0.3, 0.4) is 0 Å². The first-order valence-corrected chi connectivity index (χ1v) is 8.08. The third-order valence-corrected chi connectivity index (χ3v) is 4.35. The van der Waals surface area contributed by atoms with Crippen LogP contribution in [0.5, 0.6) is 0 Å². The van der Waals surface area contributed by atoms with Crippen LogP contribution >= 0.6 is 12.4 Å². The Morgan fingerprint density at radius 2 is 1.96 bits per heavy atom. The Hall–Kier alpha value is -1.89. The largest absolute Gasteiger partial charge is 0.461 e. The molecule has 1 aromatic carbocycles. The molecule has 0 saturated carbocycles. The lowest BCUT2D eigenvalue weighted by Gasteiger charge is -2.26. The zero-order valence-corrected chi connectivity index (χ0v) is 15.2. The molecule has 0 atom stereocenters. The molecule has 7 heteroatoms. The van der Waals surface area contributed by atoms with Crippen LogP contribution in [0.4, 0.5) is 0 Å². The topological polar surface area (TPSA) is 69.0 Å². The number of aryl methyl sites for hydroxylation is 1. The van der Waals surface area contributed by atoms with Gasteiger partial charge >= 0.3 is 5.97 Å². The van der Waals surface area contributed by atoms with Gasteiger partial charge in [0.25, 0.3) is 0 Å². The number of nitrogens with zero attached hydrogens (tertiary/aromatic N) is 1. The summed E-state index contributed by atoms with van der Waals surface area (Å²) in [5.41, 5.74) is 1.02. The van der Waals surface area contributed by atoms with Gasteiger partial charge in [0.15, 0.2) is 11.0 Å². The number of ether oxygens (including phenoxy) is 2. The smallest absolute Gasteiger partial charge is 0.342 e. The van der Waals surface area contributed by atoms with Gasteiger partial charge in [-0.1, -0.05) is 6.07 Å². The molecule has 1 aliphatic rings. The standard InChI is InChI=1S/C18H21NO5.ClH/c1-12-13(2)24-17-14(16(12)20)4-3-5-15(17)18(21)23-11-8-19-6-9-22-10-7-19;/h3-5H,6-11H2,1-2H3;1H. The quantitative estimate of drug-likeness (QED) is 0.772. The SMILES string of the molecule is Cc1oc2c(C(=O)OCCN3CCOCC3)cccc2c(=O)c1C.Cl. The second kappa shape index (κ2) is 8.47. The molecular formula is C18H22ClNO5. The van der Waals surface area contributed by atoms with Gasteiger partial charge in [0.2, 0.25) is 0 Å². The molecular weight excluding hydrogens is 346 g/mol. The van der Waals surface area contributed by atoms with Crippen molar-refractivity contribution in [1.82, 2.24) is 4.90 Å². The van der Waals surface area contributed by atoms with E-state index in [1.165, 1.54) is 0 Å². The predicted octanol–water partition coefficient (Wildman–Crippen LogP) is 2.32. The minimum Gasteiger partial charge on any atom is -0.461 e. The summed E-state index contributed by atoms with van der Waals surface area (Å²) in [5, 5.41) is 0.403. The first-order chi connectivity index (χ1) is 11.6. The first-order valence-electron chi connectivity index (χ1n) is 8.08. The van der Waals surface area contributed by atoms with Crippen LogP contribution in [-0.2, 0) is 9.47 Å². The molecule has 1 aliphatic heterocycles.